The number of hydrogen-bond acceptors (Lipinski definition) is 10. The number of nitrogens with two attached hydrogens (primary N) is 1. The number of hydrazine groups is 1. The van der Waals surface area contributed by atoms with Crippen LogP contribution in [0.3, 0.4) is 0 Å². The van der Waals surface area contributed by atoms with Gasteiger partial charge in [-0.15, -0.1) is 10.2 Å². The second-order valence-electron chi connectivity index (χ2n) is 3.36. The number of anilines is 2. The number of rotatable bonds is 6. The fourth-order valence-electron chi connectivity index (χ4n) is 1.39. The van der Waals surface area contributed by atoms with Gasteiger partial charge in [-0.25, -0.2) is 5.84 Å². The number of nitrogen functional groups attached to an aromatic ring is 1. The van der Waals surface area contributed by atoms with Crippen LogP contribution in [0.2, 0.25) is 0 Å². The molecule has 0 radical (unpaired) electrons. The normalized spacial score (nSPS) is 10.5. The van der Waals surface area contributed by atoms with Crippen LogP contribution >= 0.6 is 23.1 Å². The van der Waals surface area contributed by atoms with Crippen molar-refractivity contribution in [2.24, 2.45) is 5.84 Å². The van der Waals surface area contributed by atoms with Gasteiger partial charge in [0.1, 0.15) is 5.51 Å². The van der Waals surface area contributed by atoms with Gasteiger partial charge >= 0.3 is 0 Å². The molecule has 0 bridgehead atoms. The lowest BCUT2D eigenvalue weighted by atomic mass is 10.5. The number of hydrogen-bond donors (Lipinski definition) is 2. The van der Waals surface area contributed by atoms with Crippen LogP contribution in [-0.4, -0.2) is 38.2 Å². The van der Waals surface area contributed by atoms with Gasteiger partial charge in [0.2, 0.25) is 17.1 Å². The van der Waals surface area contributed by atoms with Crippen LogP contribution < -0.4 is 16.2 Å². The third-order valence-electron chi connectivity index (χ3n) is 2.30. The van der Waals surface area contributed by atoms with Gasteiger partial charge in [-0.3, -0.25) is 5.43 Å². The van der Waals surface area contributed by atoms with Crippen molar-refractivity contribution in [3.05, 3.63) is 5.51 Å². The smallest absolute Gasteiger partial charge is 0.242 e. The highest BCUT2D eigenvalue weighted by molar-refractivity contribution is 8.00. The van der Waals surface area contributed by atoms with Crippen LogP contribution in [0.4, 0.5) is 11.9 Å². The maximum absolute atomic E-state index is 5.39. The average Bonchev–Trinajstić information content (AvgIpc) is 2.93. The van der Waals surface area contributed by atoms with Gasteiger partial charge in [0.25, 0.3) is 0 Å². The molecule has 0 fully saturated rings. The quantitative estimate of drug-likeness (QED) is 0.596. The highest BCUT2D eigenvalue weighted by atomic mass is 32.2. The van der Waals surface area contributed by atoms with E-state index in [4.69, 9.17) is 5.84 Å². The molecule has 0 aliphatic carbocycles. The van der Waals surface area contributed by atoms with Crippen molar-refractivity contribution in [2.45, 2.75) is 23.3 Å². The van der Waals surface area contributed by atoms with E-state index in [1.54, 1.807) is 5.51 Å². The first-order valence-electron chi connectivity index (χ1n) is 5.68. The Morgan fingerprint density at radius 3 is 2.68 bits per heavy atom. The largest absolute Gasteiger partial charge is 0.341 e. The van der Waals surface area contributed by atoms with E-state index in [2.05, 4.69) is 30.6 Å². The van der Waals surface area contributed by atoms with Crippen molar-refractivity contribution in [3.63, 3.8) is 0 Å². The Labute approximate surface area is 118 Å². The predicted molar refractivity (Wildman–Crippen MR) is 75.2 cm³/mol. The van der Waals surface area contributed by atoms with Gasteiger partial charge in [0.05, 0.1) is 0 Å². The maximum Gasteiger partial charge on any atom is 0.242 e. The van der Waals surface area contributed by atoms with Crippen LogP contribution in [0.5, 0.6) is 0 Å². The first-order valence-corrected chi connectivity index (χ1v) is 7.38. The summed E-state index contributed by atoms with van der Waals surface area (Å²) in [5, 5.41) is 8.27. The predicted octanol–water partition coefficient (Wildman–Crippen LogP) is 1.01. The number of nitrogens with one attached hydrogen (secondary N) is 1. The highest BCUT2D eigenvalue weighted by Gasteiger charge is 2.12. The molecule has 0 spiro atoms. The lowest BCUT2D eigenvalue weighted by molar-refractivity contribution is 0.783. The summed E-state index contributed by atoms with van der Waals surface area (Å²) in [4.78, 5) is 14.9. The van der Waals surface area contributed by atoms with E-state index in [9.17, 15) is 0 Å². The van der Waals surface area contributed by atoms with Crippen molar-refractivity contribution < 1.29 is 0 Å². The third-order valence-corrected chi connectivity index (χ3v) is 3.94. The molecule has 0 amide bonds. The first kappa shape index (κ1) is 13.9. The van der Waals surface area contributed by atoms with Gasteiger partial charge in [0, 0.05) is 13.1 Å². The van der Waals surface area contributed by atoms with E-state index >= 15 is 0 Å². The van der Waals surface area contributed by atoms with E-state index in [1.165, 1.54) is 23.1 Å². The molecule has 0 unspecified atom stereocenters. The highest BCUT2D eigenvalue weighted by Crippen LogP contribution is 2.27. The van der Waals surface area contributed by atoms with Gasteiger partial charge in [-0.2, -0.15) is 15.0 Å². The van der Waals surface area contributed by atoms with Crippen molar-refractivity contribution in [2.75, 3.05) is 23.4 Å². The minimum Gasteiger partial charge on any atom is -0.341 e. The lowest BCUT2D eigenvalue weighted by Crippen LogP contribution is -2.25. The summed E-state index contributed by atoms with van der Waals surface area (Å²) < 4.78 is 0.777. The Morgan fingerprint density at radius 2 is 2.11 bits per heavy atom. The monoisotopic (exact) mass is 298 g/mol. The van der Waals surface area contributed by atoms with Gasteiger partial charge in [-0.1, -0.05) is 11.3 Å². The maximum atomic E-state index is 5.39. The minimum atomic E-state index is 0.337. The van der Waals surface area contributed by atoms with Gasteiger partial charge in [-0.05, 0) is 25.6 Å². The second-order valence-corrected chi connectivity index (χ2v) is 5.41. The second kappa shape index (κ2) is 6.59. The summed E-state index contributed by atoms with van der Waals surface area (Å²) in [6.45, 7) is 5.71. The zero-order valence-corrected chi connectivity index (χ0v) is 12.2. The molecule has 0 aromatic carbocycles. The Kier molecular flexibility index (Phi) is 4.82. The van der Waals surface area contributed by atoms with Crippen molar-refractivity contribution in [1.82, 2.24) is 25.1 Å². The van der Waals surface area contributed by atoms with Crippen LogP contribution in [0.15, 0.2) is 15.0 Å². The molecule has 8 nitrogen and oxygen atoms in total. The number of aromatic nitrogens is 5. The zero-order valence-electron chi connectivity index (χ0n) is 10.6. The van der Waals surface area contributed by atoms with Gasteiger partial charge in [0.15, 0.2) is 4.34 Å². The molecule has 2 heterocycles. The zero-order chi connectivity index (χ0) is 13.7. The fraction of sp³-hybridized carbons (Fsp3) is 0.444. The van der Waals surface area contributed by atoms with Crippen molar-refractivity contribution >= 4 is 35.0 Å². The Bertz CT molecular complexity index is 513. The molecule has 0 saturated carbocycles. The molecule has 2 aromatic heterocycles. The molecule has 3 N–H and O–H groups in total. The van der Waals surface area contributed by atoms with E-state index in [1.807, 2.05) is 18.7 Å². The molecular formula is C9H14N8S2. The Balaban J connectivity index is 2.30. The molecule has 0 atom stereocenters. The summed E-state index contributed by atoms with van der Waals surface area (Å²) in [7, 11) is 0. The topological polar surface area (TPSA) is 106 Å². The van der Waals surface area contributed by atoms with Crippen LogP contribution in [-0.2, 0) is 0 Å². The molecule has 10 heteroatoms. The summed E-state index contributed by atoms with van der Waals surface area (Å²) in [6, 6.07) is 0. The molecule has 19 heavy (non-hydrogen) atoms. The SMILES string of the molecule is CCN(CC)c1nc(NN)nc(Sc2nncs2)n1. The van der Waals surface area contributed by atoms with Crippen molar-refractivity contribution in [1.29, 1.82) is 0 Å². The average molecular weight is 298 g/mol. The van der Waals surface area contributed by atoms with E-state index < -0.39 is 0 Å². The van der Waals surface area contributed by atoms with E-state index in [0.29, 0.717) is 17.1 Å². The summed E-state index contributed by atoms with van der Waals surface area (Å²) in [5.41, 5.74) is 4.12. The molecule has 0 aliphatic heterocycles. The Hall–Kier alpha value is -1.52. The van der Waals surface area contributed by atoms with Crippen LogP contribution in [0, 0.1) is 0 Å². The first-order chi connectivity index (χ1) is 9.26. The molecule has 0 aliphatic rings. The van der Waals surface area contributed by atoms with Gasteiger partial charge < -0.3 is 4.90 Å². The Morgan fingerprint density at radius 1 is 1.32 bits per heavy atom. The third kappa shape index (κ3) is 3.49. The standard InChI is InChI=1S/C9H14N8S2/c1-3-17(4-2)7-12-6(15-10)13-8(14-7)19-9-16-11-5-18-9/h5H,3-4,10H2,1-2H3,(H,12,13,14,15). The molecule has 0 saturated heterocycles. The van der Waals surface area contributed by atoms with E-state index in [0.717, 1.165) is 17.4 Å². The molecule has 2 aromatic rings. The van der Waals surface area contributed by atoms with Crippen LogP contribution in [0.25, 0.3) is 0 Å². The van der Waals surface area contributed by atoms with E-state index in [-0.39, 0.29) is 0 Å². The molecule has 2 rings (SSSR count). The summed E-state index contributed by atoms with van der Waals surface area (Å²) >= 11 is 2.77. The summed E-state index contributed by atoms with van der Waals surface area (Å²) in [5.74, 6) is 6.32. The minimum absolute atomic E-state index is 0.337. The van der Waals surface area contributed by atoms with Crippen molar-refractivity contribution in [3.8, 4) is 0 Å². The number of nitrogens with zero attached hydrogens (tertiary/aromatic N) is 6. The fourth-order valence-corrected chi connectivity index (χ4v) is 2.72. The lowest BCUT2D eigenvalue weighted by Gasteiger charge is -2.18. The molecular weight excluding hydrogens is 284 g/mol. The molecule has 102 valence electrons. The van der Waals surface area contributed by atoms with Crippen LogP contribution in [0.1, 0.15) is 13.8 Å². The summed E-state index contributed by atoms with van der Waals surface area (Å²) in [6.07, 6.45) is 0.